The van der Waals surface area contributed by atoms with Crippen molar-refractivity contribution in [1.29, 1.82) is 0 Å². The number of fused-ring (bicyclic) bond motifs is 9. The van der Waals surface area contributed by atoms with Crippen LogP contribution in [-0.4, -0.2) is 0 Å². The third kappa shape index (κ3) is 4.13. The summed E-state index contributed by atoms with van der Waals surface area (Å²) in [5.74, 6) is 0. The van der Waals surface area contributed by atoms with Gasteiger partial charge in [0.1, 0.15) is 0 Å². The third-order valence-corrected chi connectivity index (χ3v) is 13.4. The molecule has 8 aromatic rings. The average molecular weight is 621 g/mol. The minimum absolute atomic E-state index is 0.0568. The lowest BCUT2D eigenvalue weighted by Crippen LogP contribution is -2.24. The first-order valence-electron chi connectivity index (χ1n) is 16.3. The molecular weight excluding hydrogens is 587 g/mol. The van der Waals surface area contributed by atoms with Crippen molar-refractivity contribution in [3.8, 4) is 22.3 Å². The molecule has 2 heteroatoms. The summed E-state index contributed by atoms with van der Waals surface area (Å²) < 4.78 is 14.9. The van der Waals surface area contributed by atoms with Crippen molar-refractivity contribution < 1.29 is 4.57 Å². The Morgan fingerprint density at radius 1 is 0.383 bits per heavy atom. The van der Waals surface area contributed by atoms with Gasteiger partial charge in [0, 0.05) is 21.3 Å². The Kier molecular flexibility index (Phi) is 6.20. The van der Waals surface area contributed by atoms with E-state index in [2.05, 4.69) is 117 Å². The van der Waals surface area contributed by atoms with E-state index in [1.165, 1.54) is 54.6 Å². The Labute approximate surface area is 275 Å². The molecule has 1 aliphatic carbocycles. The van der Waals surface area contributed by atoms with E-state index in [1.54, 1.807) is 0 Å². The molecule has 0 unspecified atom stereocenters. The molecule has 0 atom stereocenters. The van der Waals surface area contributed by atoms with E-state index in [0.717, 1.165) is 27.0 Å². The molecule has 47 heavy (non-hydrogen) atoms. The van der Waals surface area contributed by atoms with Crippen LogP contribution in [0.3, 0.4) is 0 Å². The van der Waals surface area contributed by atoms with Gasteiger partial charge in [-0.2, -0.15) is 0 Å². The lowest BCUT2D eigenvalue weighted by atomic mass is 9.81. The van der Waals surface area contributed by atoms with Crippen molar-refractivity contribution in [1.82, 2.24) is 0 Å². The summed E-state index contributed by atoms with van der Waals surface area (Å²) in [4.78, 5) is 0. The van der Waals surface area contributed by atoms with Crippen LogP contribution in [0.1, 0.15) is 25.0 Å². The molecule has 9 rings (SSSR count). The minimum atomic E-state index is -3.03. The van der Waals surface area contributed by atoms with Crippen molar-refractivity contribution >= 4 is 55.4 Å². The van der Waals surface area contributed by atoms with Gasteiger partial charge in [-0.1, -0.05) is 159 Å². The van der Waals surface area contributed by atoms with Crippen molar-refractivity contribution in [2.24, 2.45) is 0 Å². The predicted molar refractivity (Wildman–Crippen MR) is 201 cm³/mol. The van der Waals surface area contributed by atoms with Crippen LogP contribution in [0.5, 0.6) is 0 Å². The van der Waals surface area contributed by atoms with Crippen LogP contribution in [0.25, 0.3) is 54.6 Å². The van der Waals surface area contributed by atoms with Gasteiger partial charge in [0.05, 0.1) is 0 Å². The molecule has 0 bridgehead atoms. The molecule has 0 fully saturated rings. The number of hydrogen-bond acceptors (Lipinski definition) is 1. The molecule has 0 aromatic heterocycles. The molecule has 0 heterocycles. The van der Waals surface area contributed by atoms with Gasteiger partial charge in [0.2, 0.25) is 0 Å². The van der Waals surface area contributed by atoms with Crippen molar-refractivity contribution in [2.45, 2.75) is 19.3 Å². The van der Waals surface area contributed by atoms with E-state index >= 15 is 0 Å². The highest BCUT2D eigenvalue weighted by molar-refractivity contribution is 7.85. The second-order valence-corrected chi connectivity index (χ2v) is 16.0. The summed E-state index contributed by atoms with van der Waals surface area (Å²) in [6.07, 6.45) is 0. The van der Waals surface area contributed by atoms with Gasteiger partial charge in [-0.15, -0.1) is 0 Å². The van der Waals surface area contributed by atoms with E-state index in [0.29, 0.717) is 0 Å². The fraction of sp³-hybridized carbons (Fsp3) is 0.0667. The molecule has 0 spiro atoms. The Morgan fingerprint density at radius 2 is 0.872 bits per heavy atom. The maximum atomic E-state index is 14.9. The highest BCUT2D eigenvalue weighted by atomic mass is 31.2. The first kappa shape index (κ1) is 28.0. The number of benzene rings is 8. The Hall–Kier alpha value is -5.23. The van der Waals surface area contributed by atoms with Gasteiger partial charge in [-0.3, -0.25) is 0 Å². The van der Waals surface area contributed by atoms with Crippen LogP contribution in [0.4, 0.5) is 0 Å². The highest BCUT2D eigenvalue weighted by Crippen LogP contribution is 2.51. The molecule has 1 aliphatic rings. The summed E-state index contributed by atoms with van der Waals surface area (Å²) in [6, 6.07) is 57.6. The van der Waals surface area contributed by atoms with E-state index in [9.17, 15) is 4.57 Å². The van der Waals surface area contributed by atoms with Gasteiger partial charge >= 0.3 is 0 Å². The second-order valence-electron chi connectivity index (χ2n) is 13.2. The Balaban J connectivity index is 1.21. The third-order valence-electron chi connectivity index (χ3n) is 10.3. The standard InChI is InChI=1S/C45H33OP/c1-45(2)43-20-12-11-19-38(43)42-28-40-36-18-10-9-17-35(36)39-27-31(23-26-37(39)41(40)29-44(42)45)30-21-24-34(25-22-30)47(46,32-13-5-3-6-14-32)33-15-7-4-8-16-33/h3-29H,1-2H3. The van der Waals surface area contributed by atoms with Crippen LogP contribution < -0.4 is 15.9 Å². The normalized spacial score (nSPS) is 13.6. The van der Waals surface area contributed by atoms with E-state index in [1.807, 2.05) is 60.7 Å². The molecule has 1 nitrogen and oxygen atoms in total. The monoisotopic (exact) mass is 620 g/mol. The van der Waals surface area contributed by atoms with Crippen LogP contribution in [-0.2, 0) is 9.98 Å². The van der Waals surface area contributed by atoms with Crippen molar-refractivity contribution in [3.05, 3.63) is 175 Å². The molecule has 0 N–H and O–H groups in total. The maximum absolute atomic E-state index is 14.9. The summed E-state index contributed by atoms with van der Waals surface area (Å²) in [5.41, 5.74) is 7.69. The summed E-state index contributed by atoms with van der Waals surface area (Å²) in [7, 11) is -3.03. The zero-order valence-corrected chi connectivity index (χ0v) is 27.3. The molecule has 0 aliphatic heterocycles. The molecule has 224 valence electrons. The van der Waals surface area contributed by atoms with E-state index in [4.69, 9.17) is 0 Å². The van der Waals surface area contributed by atoms with Crippen LogP contribution >= 0.6 is 7.14 Å². The first-order chi connectivity index (χ1) is 22.9. The number of hydrogen-bond donors (Lipinski definition) is 0. The molecule has 0 radical (unpaired) electrons. The van der Waals surface area contributed by atoms with Crippen LogP contribution in [0.15, 0.2) is 164 Å². The molecule has 0 amide bonds. The predicted octanol–water partition coefficient (Wildman–Crippen LogP) is 10.8. The smallest absolute Gasteiger partial charge is 0.171 e. The second kappa shape index (κ2) is 10.4. The average Bonchev–Trinajstić information content (AvgIpc) is 3.36. The van der Waals surface area contributed by atoms with Crippen molar-refractivity contribution in [2.75, 3.05) is 0 Å². The molecular formula is C45H33OP. The van der Waals surface area contributed by atoms with Gasteiger partial charge in [0.25, 0.3) is 0 Å². The van der Waals surface area contributed by atoms with Gasteiger partial charge in [-0.25, -0.2) is 0 Å². The minimum Gasteiger partial charge on any atom is -0.309 e. The van der Waals surface area contributed by atoms with Gasteiger partial charge in [0.15, 0.2) is 7.14 Å². The summed E-state index contributed by atoms with van der Waals surface area (Å²) in [6.45, 7) is 4.70. The Bertz CT molecular complexity index is 2500. The fourth-order valence-electron chi connectivity index (χ4n) is 7.91. The highest BCUT2D eigenvalue weighted by Gasteiger charge is 2.35. The molecule has 0 saturated carbocycles. The van der Waals surface area contributed by atoms with Crippen LogP contribution in [0, 0.1) is 0 Å². The van der Waals surface area contributed by atoms with Crippen molar-refractivity contribution in [3.63, 3.8) is 0 Å². The molecule has 8 aromatic carbocycles. The van der Waals surface area contributed by atoms with Gasteiger partial charge in [-0.05, 0) is 83.9 Å². The molecule has 0 saturated heterocycles. The lowest BCUT2D eigenvalue weighted by molar-refractivity contribution is 0.592. The van der Waals surface area contributed by atoms with E-state index < -0.39 is 7.14 Å². The van der Waals surface area contributed by atoms with Crippen LogP contribution in [0.2, 0.25) is 0 Å². The topological polar surface area (TPSA) is 17.1 Å². The lowest BCUT2D eigenvalue weighted by Gasteiger charge is -2.22. The van der Waals surface area contributed by atoms with Gasteiger partial charge < -0.3 is 4.57 Å². The SMILES string of the molecule is CC1(C)c2ccccc2-c2cc3c4ccccc4c4cc(-c5ccc(P(=O)(c6ccccc6)c6ccccc6)cc5)ccc4c3cc21. The first-order valence-corrected chi connectivity index (χ1v) is 18.0. The quantitative estimate of drug-likeness (QED) is 0.141. The summed E-state index contributed by atoms with van der Waals surface area (Å²) >= 11 is 0. The Morgan fingerprint density at radius 3 is 1.53 bits per heavy atom. The summed E-state index contributed by atoms with van der Waals surface area (Å²) in [5, 5.41) is 10.2. The van der Waals surface area contributed by atoms with E-state index in [-0.39, 0.29) is 5.41 Å². The number of rotatable bonds is 4. The fourth-order valence-corrected chi connectivity index (χ4v) is 10.6. The maximum Gasteiger partial charge on any atom is 0.171 e. The largest absolute Gasteiger partial charge is 0.309 e. The zero-order valence-electron chi connectivity index (χ0n) is 26.4. The zero-order chi connectivity index (χ0) is 31.8.